The second-order valence-corrected chi connectivity index (χ2v) is 22.5. The van der Waals surface area contributed by atoms with E-state index in [4.69, 9.17) is 14.5 Å². The molecule has 3 unspecified atom stereocenters. The predicted molar refractivity (Wildman–Crippen MR) is 282 cm³/mol. The van der Waals surface area contributed by atoms with E-state index in [2.05, 4.69) is 78.3 Å². The third kappa shape index (κ3) is 10.4. The van der Waals surface area contributed by atoms with Crippen LogP contribution in [0.4, 0.5) is 22.0 Å². The van der Waals surface area contributed by atoms with Gasteiger partial charge in [-0.15, -0.1) is 0 Å². The average molecular weight is 991 g/mol. The Kier molecular flexibility index (Phi) is 13.3. The van der Waals surface area contributed by atoms with Gasteiger partial charge in [-0.25, -0.2) is 14.8 Å². The van der Waals surface area contributed by atoms with E-state index in [-0.39, 0.29) is 29.6 Å². The average Bonchev–Trinajstić information content (AvgIpc) is 4.06. The molecule has 73 heavy (non-hydrogen) atoms. The lowest BCUT2D eigenvalue weighted by Crippen LogP contribution is -2.50. The first-order valence-corrected chi connectivity index (χ1v) is 26.5. The molecule has 0 saturated carbocycles. The Morgan fingerprint density at radius 1 is 0.836 bits per heavy atom. The SMILES string of the molecule is CN1C(=O)CC(C2CCC3(CO3)NC2=O)c2ccc(N3CCN(CC4CCN(C(=O)c5ccc(C6CCN(Cc7cc8c(-c9ccc(NC(=O)OC(C)(C)C)nc9)ccnc8n7C)CC6)cc5)CC4)CC3)cc21. The molecule has 2 aromatic carbocycles. The van der Waals surface area contributed by atoms with Crippen molar-refractivity contribution >= 4 is 52.0 Å². The van der Waals surface area contributed by atoms with Crippen LogP contribution in [0, 0.1) is 11.8 Å². The molecule has 16 heteroatoms. The van der Waals surface area contributed by atoms with Crippen LogP contribution in [0.2, 0.25) is 0 Å². The number of fused-ring (bicyclic) bond motifs is 2. The number of ether oxygens (including phenoxy) is 2. The van der Waals surface area contributed by atoms with Crippen molar-refractivity contribution < 1.29 is 28.7 Å². The van der Waals surface area contributed by atoms with Gasteiger partial charge in [0.15, 0.2) is 5.72 Å². The minimum absolute atomic E-state index is 0.00503. The number of anilines is 3. The second kappa shape index (κ2) is 19.8. The fraction of sp³-hybridized carbons (Fsp3) is 0.509. The highest BCUT2D eigenvalue weighted by Gasteiger charge is 2.52. The van der Waals surface area contributed by atoms with Crippen molar-refractivity contribution in [1.29, 1.82) is 0 Å². The summed E-state index contributed by atoms with van der Waals surface area (Å²) in [5.74, 6) is 1.31. The molecule has 16 nitrogen and oxygen atoms in total. The van der Waals surface area contributed by atoms with Crippen LogP contribution >= 0.6 is 0 Å². The van der Waals surface area contributed by atoms with Crippen LogP contribution in [0.1, 0.15) is 105 Å². The zero-order valence-electron chi connectivity index (χ0n) is 43.1. The molecule has 1 spiro atoms. The molecular weight excluding hydrogens is 921 g/mol. The first kappa shape index (κ1) is 48.9. The van der Waals surface area contributed by atoms with Gasteiger partial charge in [-0.1, -0.05) is 18.2 Å². The van der Waals surface area contributed by atoms with Crippen molar-refractivity contribution in [2.75, 3.05) is 87.7 Å². The van der Waals surface area contributed by atoms with E-state index in [1.54, 1.807) is 17.2 Å². The van der Waals surface area contributed by atoms with E-state index >= 15 is 0 Å². The first-order chi connectivity index (χ1) is 35.2. The topological polar surface area (TPSA) is 161 Å². The minimum Gasteiger partial charge on any atom is -0.444 e. The summed E-state index contributed by atoms with van der Waals surface area (Å²) in [4.78, 5) is 73.0. The largest absolute Gasteiger partial charge is 0.444 e. The Labute approximate surface area is 428 Å². The van der Waals surface area contributed by atoms with E-state index < -0.39 is 17.4 Å². The molecule has 3 atom stereocenters. The Balaban J connectivity index is 0.623. The van der Waals surface area contributed by atoms with Gasteiger partial charge in [0, 0.05) is 131 Å². The van der Waals surface area contributed by atoms with Gasteiger partial charge in [0.2, 0.25) is 11.8 Å². The highest BCUT2D eigenvalue weighted by Crippen LogP contribution is 2.46. The number of piperazine rings is 1. The van der Waals surface area contributed by atoms with Gasteiger partial charge in [-0.2, -0.15) is 0 Å². The fourth-order valence-corrected chi connectivity index (χ4v) is 12.2. The van der Waals surface area contributed by atoms with Gasteiger partial charge in [0.1, 0.15) is 17.1 Å². The number of nitrogens with zero attached hydrogens (tertiary/aromatic N) is 8. The summed E-state index contributed by atoms with van der Waals surface area (Å²) in [5, 5.41) is 6.86. The molecule has 0 aliphatic carbocycles. The highest BCUT2D eigenvalue weighted by atomic mass is 16.6. The lowest BCUT2D eigenvalue weighted by atomic mass is 9.75. The maximum absolute atomic E-state index is 13.7. The molecule has 5 aromatic rings. The Morgan fingerprint density at radius 3 is 2.27 bits per heavy atom. The zero-order valence-corrected chi connectivity index (χ0v) is 43.1. The number of benzene rings is 2. The van der Waals surface area contributed by atoms with Crippen molar-refractivity contribution in [3.8, 4) is 11.1 Å². The number of pyridine rings is 2. The molecule has 6 aliphatic heterocycles. The van der Waals surface area contributed by atoms with E-state index in [0.717, 1.165) is 149 Å². The molecule has 5 saturated heterocycles. The summed E-state index contributed by atoms with van der Waals surface area (Å²) in [6, 6.07) is 23.0. The number of nitrogens with one attached hydrogen (secondary N) is 2. The molecule has 2 N–H and O–H groups in total. The number of amides is 4. The lowest BCUT2D eigenvalue weighted by Gasteiger charge is -2.41. The number of hydrogen-bond acceptors (Lipinski definition) is 11. The van der Waals surface area contributed by atoms with Crippen LogP contribution in [-0.4, -0.2) is 137 Å². The van der Waals surface area contributed by atoms with Crippen molar-refractivity contribution in [2.24, 2.45) is 18.9 Å². The second-order valence-electron chi connectivity index (χ2n) is 22.5. The summed E-state index contributed by atoms with van der Waals surface area (Å²) in [6.45, 7) is 15.3. The summed E-state index contributed by atoms with van der Waals surface area (Å²) in [5.41, 5.74) is 8.29. The number of epoxide rings is 1. The van der Waals surface area contributed by atoms with Crippen LogP contribution in [0.15, 0.2) is 79.1 Å². The van der Waals surface area contributed by atoms with E-state index in [9.17, 15) is 19.2 Å². The summed E-state index contributed by atoms with van der Waals surface area (Å²) >= 11 is 0. The number of piperidine rings is 3. The third-order valence-corrected chi connectivity index (χ3v) is 16.6. The molecule has 0 radical (unpaired) electrons. The molecule has 0 bridgehead atoms. The minimum atomic E-state index is -0.593. The van der Waals surface area contributed by atoms with E-state index in [1.807, 2.05) is 63.2 Å². The molecule has 11 rings (SSSR count). The van der Waals surface area contributed by atoms with Gasteiger partial charge in [0.25, 0.3) is 5.91 Å². The molecular formula is C57H70N10O6. The van der Waals surface area contributed by atoms with E-state index in [0.29, 0.717) is 30.7 Å². The van der Waals surface area contributed by atoms with Crippen molar-refractivity contribution in [3.05, 3.63) is 102 Å². The maximum Gasteiger partial charge on any atom is 0.413 e. The Bertz CT molecular complexity index is 2870. The van der Waals surface area contributed by atoms with Crippen LogP contribution in [0.5, 0.6) is 0 Å². The van der Waals surface area contributed by atoms with Gasteiger partial charge in [-0.3, -0.25) is 29.5 Å². The Hall–Kier alpha value is -6.36. The lowest BCUT2D eigenvalue weighted by molar-refractivity contribution is -0.131. The number of likely N-dealkylation sites (tertiary alicyclic amines) is 2. The van der Waals surface area contributed by atoms with Crippen molar-refractivity contribution in [2.45, 2.75) is 95.4 Å². The number of aryl methyl sites for hydroxylation is 1. The van der Waals surface area contributed by atoms with Crippen LogP contribution < -0.4 is 20.4 Å². The molecule has 6 aliphatic rings. The molecule has 4 amide bonds. The first-order valence-electron chi connectivity index (χ1n) is 26.5. The van der Waals surface area contributed by atoms with E-state index in [1.165, 1.54) is 11.3 Å². The number of rotatable bonds is 10. The zero-order chi connectivity index (χ0) is 50.6. The van der Waals surface area contributed by atoms with Gasteiger partial charge in [0.05, 0.1) is 6.61 Å². The molecule has 5 fully saturated rings. The summed E-state index contributed by atoms with van der Waals surface area (Å²) < 4.78 is 13.1. The normalized spacial score (nSPS) is 23.4. The standard InChI is InChI=1S/C57H70N10O6/c1-56(2,3)73-55(71)60-50-13-10-41(33-59-50)44-15-21-58-52-48(44)30-43(62(52)4)35-64-22-18-39(19-23-64)38-6-8-40(9-7-38)54(70)67-24-16-37(17-25-67)34-65-26-28-66(29-27-65)42-11-12-45-47(32-51(68)63(5)49(45)31-42)46-14-20-57(36-72-57)61-53(46)69/h6-13,15,21,30-31,33,37,39,46-47H,14,16-20,22-29,32,34-36H2,1-5H3,(H,61,69)(H,59,60,71). The number of hydrogen-bond donors (Lipinski definition) is 2. The smallest absolute Gasteiger partial charge is 0.413 e. The quantitative estimate of drug-likeness (QED) is 0.132. The van der Waals surface area contributed by atoms with Crippen LogP contribution in [-0.2, 0) is 32.7 Å². The van der Waals surface area contributed by atoms with Crippen molar-refractivity contribution in [1.82, 2.24) is 34.6 Å². The highest BCUT2D eigenvalue weighted by molar-refractivity contribution is 5.99. The molecule has 9 heterocycles. The number of carbonyl (C=O) groups is 4. The summed E-state index contributed by atoms with van der Waals surface area (Å²) in [7, 11) is 3.94. The van der Waals surface area contributed by atoms with Crippen LogP contribution in [0.25, 0.3) is 22.2 Å². The van der Waals surface area contributed by atoms with Gasteiger partial charge in [-0.05, 0) is 149 Å². The molecule has 384 valence electrons. The molecule has 3 aromatic heterocycles. The van der Waals surface area contributed by atoms with Crippen molar-refractivity contribution in [3.63, 3.8) is 0 Å². The Morgan fingerprint density at radius 2 is 1.59 bits per heavy atom. The fourth-order valence-electron chi connectivity index (χ4n) is 12.2. The predicted octanol–water partition coefficient (Wildman–Crippen LogP) is 7.74. The van der Waals surface area contributed by atoms with Crippen LogP contribution in [0.3, 0.4) is 0 Å². The third-order valence-electron chi connectivity index (χ3n) is 16.6. The number of aromatic nitrogens is 3. The summed E-state index contributed by atoms with van der Waals surface area (Å²) in [6.07, 6.45) is 9.11. The maximum atomic E-state index is 13.7. The number of carbonyl (C=O) groups excluding carboxylic acids is 4. The monoisotopic (exact) mass is 991 g/mol. The van der Waals surface area contributed by atoms with Gasteiger partial charge < -0.3 is 34.1 Å². The van der Waals surface area contributed by atoms with Gasteiger partial charge >= 0.3 is 6.09 Å².